The van der Waals surface area contributed by atoms with Gasteiger partial charge in [0.1, 0.15) is 17.1 Å². The normalized spacial score (nSPS) is 15.7. The number of rotatable bonds is 7. The van der Waals surface area contributed by atoms with Crippen LogP contribution in [0.4, 0.5) is 10.5 Å². The Kier molecular flexibility index (Phi) is 6.54. The van der Waals surface area contributed by atoms with Gasteiger partial charge in [-0.3, -0.25) is 14.9 Å². The Balaban J connectivity index is 1.55. The van der Waals surface area contributed by atoms with E-state index in [0.29, 0.717) is 41.8 Å². The number of aromatic nitrogens is 1. The second-order valence-electron chi connectivity index (χ2n) is 8.65. The van der Waals surface area contributed by atoms with Crippen molar-refractivity contribution in [1.82, 2.24) is 9.88 Å². The number of anilines is 1. The Morgan fingerprint density at radius 2 is 1.71 bits per heavy atom. The molecule has 0 saturated carbocycles. The molecule has 3 heterocycles. The van der Waals surface area contributed by atoms with E-state index in [0.717, 1.165) is 22.0 Å². The van der Waals surface area contributed by atoms with Crippen molar-refractivity contribution in [2.75, 3.05) is 24.9 Å². The standard InChI is InChI=1S/C28H27N3O7/c1-5-35-20-8-10-23(36-6-2)22(14-20)31-27(33)21(26(32)29-28(31)34)12-18-11-16(3)30(17(18)4)19-7-9-24-25(13-19)38-15-37-24/h7-14H,5-6,15H2,1-4H3,(H,29,32,34)/b21-12+. The summed E-state index contributed by atoms with van der Waals surface area (Å²) >= 11 is 0. The lowest BCUT2D eigenvalue weighted by atomic mass is 10.1. The van der Waals surface area contributed by atoms with Crippen LogP contribution in [-0.2, 0) is 9.59 Å². The molecular formula is C28H27N3O7. The molecule has 0 unspecified atom stereocenters. The van der Waals surface area contributed by atoms with Crippen molar-refractivity contribution < 1.29 is 33.3 Å². The number of aryl methyl sites for hydroxylation is 1. The molecule has 2 aliphatic rings. The second kappa shape index (κ2) is 9.97. The van der Waals surface area contributed by atoms with E-state index in [-0.39, 0.29) is 18.1 Å². The molecule has 10 heteroatoms. The van der Waals surface area contributed by atoms with Crippen molar-refractivity contribution in [3.8, 4) is 28.7 Å². The summed E-state index contributed by atoms with van der Waals surface area (Å²) < 4.78 is 24.1. The molecule has 1 fully saturated rings. The number of imide groups is 2. The van der Waals surface area contributed by atoms with Gasteiger partial charge in [-0.15, -0.1) is 0 Å². The van der Waals surface area contributed by atoms with Crippen molar-refractivity contribution in [3.63, 3.8) is 0 Å². The third kappa shape index (κ3) is 4.34. The summed E-state index contributed by atoms with van der Waals surface area (Å²) in [5.41, 5.74) is 3.18. The molecular weight excluding hydrogens is 490 g/mol. The van der Waals surface area contributed by atoms with E-state index >= 15 is 0 Å². The number of urea groups is 1. The van der Waals surface area contributed by atoms with Gasteiger partial charge in [-0.1, -0.05) is 0 Å². The quantitative estimate of drug-likeness (QED) is 0.368. The molecule has 196 valence electrons. The van der Waals surface area contributed by atoms with Crippen LogP contribution in [0.2, 0.25) is 0 Å². The lowest BCUT2D eigenvalue weighted by molar-refractivity contribution is -0.122. The number of barbiturate groups is 1. The first kappa shape index (κ1) is 24.9. The number of carbonyl (C=O) groups is 3. The summed E-state index contributed by atoms with van der Waals surface area (Å²) in [6.45, 7) is 8.32. The van der Waals surface area contributed by atoms with Gasteiger partial charge in [0, 0.05) is 29.2 Å². The van der Waals surface area contributed by atoms with Crippen LogP contribution in [0, 0.1) is 13.8 Å². The van der Waals surface area contributed by atoms with E-state index in [1.165, 1.54) is 6.08 Å². The third-order valence-electron chi connectivity index (χ3n) is 6.27. The van der Waals surface area contributed by atoms with Crippen LogP contribution >= 0.6 is 0 Å². The van der Waals surface area contributed by atoms with Crippen molar-refractivity contribution in [3.05, 3.63) is 65.0 Å². The van der Waals surface area contributed by atoms with Gasteiger partial charge in [0.2, 0.25) is 6.79 Å². The maximum absolute atomic E-state index is 13.6. The summed E-state index contributed by atoms with van der Waals surface area (Å²) in [5, 5.41) is 2.28. The van der Waals surface area contributed by atoms with Crippen LogP contribution in [0.5, 0.6) is 23.0 Å². The van der Waals surface area contributed by atoms with Gasteiger partial charge in [0.05, 0.1) is 18.9 Å². The molecule has 4 amide bonds. The maximum atomic E-state index is 13.6. The maximum Gasteiger partial charge on any atom is 0.336 e. The minimum Gasteiger partial charge on any atom is -0.494 e. The van der Waals surface area contributed by atoms with Gasteiger partial charge in [0.25, 0.3) is 11.8 Å². The van der Waals surface area contributed by atoms with Crippen molar-refractivity contribution in [2.24, 2.45) is 0 Å². The largest absolute Gasteiger partial charge is 0.494 e. The minimum atomic E-state index is -0.863. The fourth-order valence-corrected chi connectivity index (χ4v) is 4.59. The molecule has 0 spiro atoms. The monoisotopic (exact) mass is 517 g/mol. The predicted octanol–water partition coefficient (Wildman–Crippen LogP) is 4.29. The van der Waals surface area contributed by atoms with E-state index in [1.54, 1.807) is 25.1 Å². The van der Waals surface area contributed by atoms with Crippen molar-refractivity contribution in [2.45, 2.75) is 27.7 Å². The summed E-state index contributed by atoms with van der Waals surface area (Å²) in [5.74, 6) is 0.553. The van der Waals surface area contributed by atoms with E-state index in [4.69, 9.17) is 18.9 Å². The van der Waals surface area contributed by atoms with Crippen LogP contribution in [0.15, 0.2) is 48.0 Å². The lowest BCUT2D eigenvalue weighted by Crippen LogP contribution is -2.54. The molecule has 3 aromatic rings. The van der Waals surface area contributed by atoms with E-state index in [9.17, 15) is 14.4 Å². The van der Waals surface area contributed by atoms with Gasteiger partial charge < -0.3 is 23.5 Å². The number of hydrogen-bond donors (Lipinski definition) is 1. The van der Waals surface area contributed by atoms with Crippen LogP contribution < -0.4 is 29.2 Å². The van der Waals surface area contributed by atoms with Crippen molar-refractivity contribution >= 4 is 29.6 Å². The SMILES string of the molecule is CCOc1ccc(OCC)c(N2C(=O)NC(=O)/C(=C\c3cc(C)n(-c4ccc5c(c4)OCO5)c3C)C2=O)c1. The first-order valence-corrected chi connectivity index (χ1v) is 12.2. The Hall–Kier alpha value is -4.73. The molecule has 0 aliphatic carbocycles. The average Bonchev–Trinajstić information content (AvgIpc) is 3.46. The van der Waals surface area contributed by atoms with Crippen LogP contribution in [0.1, 0.15) is 30.8 Å². The molecule has 1 aromatic heterocycles. The number of nitrogens with zero attached hydrogens (tertiary/aromatic N) is 2. The number of hydrogen-bond acceptors (Lipinski definition) is 7. The molecule has 0 bridgehead atoms. The number of ether oxygens (including phenoxy) is 4. The lowest BCUT2D eigenvalue weighted by Gasteiger charge is -2.28. The number of benzene rings is 2. The van der Waals surface area contributed by atoms with E-state index < -0.39 is 17.8 Å². The topological polar surface area (TPSA) is 108 Å². The number of fused-ring (bicyclic) bond motifs is 1. The smallest absolute Gasteiger partial charge is 0.336 e. The molecule has 1 saturated heterocycles. The Morgan fingerprint density at radius 1 is 0.947 bits per heavy atom. The van der Waals surface area contributed by atoms with Gasteiger partial charge >= 0.3 is 6.03 Å². The summed E-state index contributed by atoms with van der Waals surface area (Å²) in [7, 11) is 0. The highest BCUT2D eigenvalue weighted by Crippen LogP contribution is 2.37. The van der Waals surface area contributed by atoms with Crippen LogP contribution in [-0.4, -0.2) is 42.4 Å². The fraction of sp³-hybridized carbons (Fsp3) is 0.250. The average molecular weight is 518 g/mol. The molecule has 10 nitrogen and oxygen atoms in total. The third-order valence-corrected chi connectivity index (χ3v) is 6.27. The molecule has 1 N–H and O–H groups in total. The number of amides is 4. The Morgan fingerprint density at radius 3 is 2.47 bits per heavy atom. The van der Waals surface area contributed by atoms with Gasteiger partial charge in [-0.25, -0.2) is 9.69 Å². The fourth-order valence-electron chi connectivity index (χ4n) is 4.59. The summed E-state index contributed by atoms with van der Waals surface area (Å²) in [4.78, 5) is 40.2. The zero-order valence-electron chi connectivity index (χ0n) is 21.5. The molecule has 0 atom stereocenters. The molecule has 38 heavy (non-hydrogen) atoms. The Bertz CT molecular complexity index is 1490. The number of carbonyl (C=O) groups excluding carboxylic acids is 3. The second-order valence-corrected chi connectivity index (χ2v) is 8.65. The highest BCUT2D eigenvalue weighted by atomic mass is 16.7. The summed E-state index contributed by atoms with van der Waals surface area (Å²) in [6.07, 6.45) is 1.50. The zero-order valence-corrected chi connectivity index (χ0v) is 21.5. The van der Waals surface area contributed by atoms with E-state index in [2.05, 4.69) is 5.32 Å². The first-order chi connectivity index (χ1) is 18.3. The van der Waals surface area contributed by atoms with Crippen LogP contribution in [0.25, 0.3) is 11.8 Å². The van der Waals surface area contributed by atoms with Crippen molar-refractivity contribution in [1.29, 1.82) is 0 Å². The van der Waals surface area contributed by atoms with E-state index in [1.807, 2.05) is 49.6 Å². The predicted molar refractivity (Wildman–Crippen MR) is 139 cm³/mol. The molecule has 0 radical (unpaired) electrons. The molecule has 2 aliphatic heterocycles. The zero-order chi connectivity index (χ0) is 27.0. The first-order valence-electron chi connectivity index (χ1n) is 12.2. The van der Waals surface area contributed by atoms with Gasteiger partial charge in [0.15, 0.2) is 11.5 Å². The molecule has 2 aromatic carbocycles. The minimum absolute atomic E-state index is 0.171. The highest BCUT2D eigenvalue weighted by Gasteiger charge is 2.38. The highest BCUT2D eigenvalue weighted by molar-refractivity contribution is 6.39. The van der Waals surface area contributed by atoms with Gasteiger partial charge in [-0.05, 0) is 69.7 Å². The summed E-state index contributed by atoms with van der Waals surface area (Å²) in [6, 6.07) is 11.5. The number of nitrogens with one attached hydrogen (secondary N) is 1. The molecule has 5 rings (SSSR count). The Labute approximate surface area is 219 Å². The van der Waals surface area contributed by atoms with Crippen LogP contribution in [0.3, 0.4) is 0 Å². The van der Waals surface area contributed by atoms with Gasteiger partial charge in [-0.2, -0.15) is 0 Å².